The van der Waals surface area contributed by atoms with Gasteiger partial charge in [-0.15, -0.1) is 11.6 Å². The van der Waals surface area contributed by atoms with Crippen LogP contribution in [0, 0.1) is 0 Å². The summed E-state index contributed by atoms with van der Waals surface area (Å²) >= 11 is 8.80. The third-order valence-corrected chi connectivity index (χ3v) is 9.21. The summed E-state index contributed by atoms with van der Waals surface area (Å²) in [6, 6.07) is 54.4. The van der Waals surface area contributed by atoms with E-state index in [1.54, 1.807) is 42.9 Å². The van der Waals surface area contributed by atoms with Crippen LogP contribution in [0.3, 0.4) is 0 Å². The van der Waals surface area contributed by atoms with Gasteiger partial charge in [0.15, 0.2) is 0 Å². The van der Waals surface area contributed by atoms with Crippen molar-refractivity contribution in [2.75, 3.05) is 0 Å². The van der Waals surface area contributed by atoms with E-state index in [0.717, 1.165) is 55.1 Å². The van der Waals surface area contributed by atoms with Gasteiger partial charge in [0.05, 0.1) is 11.4 Å². The number of nitrogens with zero attached hydrogens (tertiary/aromatic N) is 3. The van der Waals surface area contributed by atoms with Crippen molar-refractivity contribution >= 4 is 58.7 Å². The second-order valence-corrected chi connectivity index (χ2v) is 14.2. The molecule has 0 aliphatic heterocycles. The number of hydrogen-bond donors (Lipinski definition) is 4. The van der Waals surface area contributed by atoms with Crippen LogP contribution in [0.4, 0.5) is 0 Å². The maximum Gasteiger partial charge on any atom is 1.00 e. The predicted molar refractivity (Wildman–Crippen MR) is 266 cm³/mol. The van der Waals surface area contributed by atoms with Crippen LogP contribution in [0.15, 0.2) is 212 Å². The number of alkyl halides is 1. The number of carbonyl (C=O) groups excluding carboxylic acids is 1. The number of benzene rings is 5. The number of aromatic nitrogens is 3. The van der Waals surface area contributed by atoms with Crippen LogP contribution in [0.25, 0.3) is 34.7 Å². The zero-order chi connectivity index (χ0) is 47.8. The number of phenols is 2. The van der Waals surface area contributed by atoms with Crippen molar-refractivity contribution in [3.8, 4) is 39.8 Å². The third-order valence-electron chi connectivity index (χ3n) is 8.43. The predicted octanol–water partition coefficient (Wildman–Crippen LogP) is 3.96. The van der Waals surface area contributed by atoms with E-state index in [9.17, 15) is 5.11 Å². The number of phenolic OH excluding ortho intramolecular Hbond substituents is 2. The van der Waals surface area contributed by atoms with Crippen molar-refractivity contribution in [3.05, 3.63) is 235 Å². The van der Waals surface area contributed by atoms with E-state index in [1.807, 2.05) is 133 Å². The van der Waals surface area contributed by atoms with E-state index < -0.39 is 7.12 Å². The quantitative estimate of drug-likeness (QED) is 0.0390. The summed E-state index contributed by atoms with van der Waals surface area (Å²) in [5.74, 6) is 1.72. The van der Waals surface area contributed by atoms with Crippen molar-refractivity contribution in [3.63, 3.8) is 0 Å². The van der Waals surface area contributed by atoms with Crippen molar-refractivity contribution in [1.29, 1.82) is 0 Å². The van der Waals surface area contributed by atoms with Gasteiger partial charge < -0.3 is 36.6 Å². The molecule has 0 aliphatic rings. The standard InChI is InChI=1S/C20H17NO.C11H9NO.C9H9Cl.C6H7BO3.C5H4BrN.CH2O3.2K.H/c1-2-16-9-11-17(12-10-16)15-22-19-7-5-6-18(14-19)20-8-3-4-13-21-20;13-10-5-3-4-9(8-10)11-6-1-2-7-12-11;1-2-8-3-5-9(7-10)6-4-8;8-6-3-1-2-5(4-6)7(9)10;6-5-3-1-2-4-7-5;2-1-4-3;;;/h2-14H,1,15H2;1-8,13H;2-6H,1,7H2;1-4,8-10H;1-4H;1,3H;;;/q;;;;;;2*+1;-1/p-1. The molecule has 3 heterocycles. The van der Waals surface area contributed by atoms with E-state index in [1.165, 1.54) is 18.2 Å². The van der Waals surface area contributed by atoms with Crippen molar-refractivity contribution in [1.82, 2.24) is 15.0 Å². The van der Waals surface area contributed by atoms with Gasteiger partial charge in [0.2, 0.25) is 0 Å². The fraction of sp³-hybridized carbons (Fsp3) is 0.0385. The van der Waals surface area contributed by atoms with Crippen LogP contribution >= 0.6 is 27.5 Å². The number of rotatable bonds is 10. The summed E-state index contributed by atoms with van der Waals surface area (Å²) in [6.45, 7) is 7.77. The summed E-state index contributed by atoms with van der Waals surface area (Å²) < 4.78 is 6.76. The van der Waals surface area contributed by atoms with Crippen LogP contribution in [0.5, 0.6) is 17.2 Å². The molecule has 8 rings (SSSR count). The molecule has 11 nitrogen and oxygen atoms in total. The SMILES string of the molecule is Brc1ccccn1.C=Cc1ccc(CCl)cc1.C=Cc1ccc(COc2cccc(-c3ccccn3)c2)cc1.O=CO[O-].OB(O)c1cccc(O)c1.Oc1cccc(-c2ccccn2)c1.[H-].[K+].[K+]. The molecule has 16 heteroatoms. The Morgan fingerprint density at radius 2 is 1.09 bits per heavy atom. The Labute approximate surface area is 497 Å². The summed E-state index contributed by atoms with van der Waals surface area (Å²) in [4.78, 5) is 23.7. The number of halogens is 2. The molecule has 0 saturated carbocycles. The molecule has 3 aromatic heterocycles. The fourth-order valence-electron chi connectivity index (χ4n) is 5.16. The monoisotopic (exact) mass is 1050 g/mol. The average molecular weight is 1050 g/mol. The van der Waals surface area contributed by atoms with Gasteiger partial charge in [-0.3, -0.25) is 14.8 Å². The van der Waals surface area contributed by atoms with Crippen LogP contribution in [-0.4, -0.2) is 48.8 Å². The molecule has 0 amide bonds. The van der Waals surface area contributed by atoms with Gasteiger partial charge in [-0.2, -0.15) is 0 Å². The maximum absolute atomic E-state index is 9.25. The topological polar surface area (TPSA) is 178 Å². The summed E-state index contributed by atoms with van der Waals surface area (Å²) in [5.41, 5.74) is 8.62. The minimum atomic E-state index is -1.51. The van der Waals surface area contributed by atoms with Gasteiger partial charge in [0.25, 0.3) is 6.47 Å². The van der Waals surface area contributed by atoms with Gasteiger partial charge in [-0.1, -0.05) is 128 Å². The molecular weight excluding hydrogens is 999 g/mol. The van der Waals surface area contributed by atoms with E-state index in [0.29, 0.717) is 17.9 Å². The van der Waals surface area contributed by atoms with Crippen molar-refractivity contribution in [2.24, 2.45) is 0 Å². The number of ether oxygens (including phenoxy) is 1. The van der Waals surface area contributed by atoms with Gasteiger partial charge in [-0.25, -0.2) is 4.98 Å². The third kappa shape index (κ3) is 26.0. The molecule has 4 N–H and O–H groups in total. The smallest absolute Gasteiger partial charge is 1.00 e. The van der Waals surface area contributed by atoms with Crippen LogP contribution in [0.2, 0.25) is 0 Å². The Morgan fingerprint density at radius 1 is 0.618 bits per heavy atom. The zero-order valence-corrected chi connectivity index (χ0v) is 46.2. The van der Waals surface area contributed by atoms with E-state index in [-0.39, 0.29) is 122 Å². The van der Waals surface area contributed by atoms with Gasteiger partial charge >= 0.3 is 110 Å². The second-order valence-electron chi connectivity index (χ2n) is 13.1. The number of aromatic hydroxyl groups is 2. The van der Waals surface area contributed by atoms with Gasteiger partial charge in [0.1, 0.15) is 28.5 Å². The molecule has 0 saturated heterocycles. The minimum absolute atomic E-state index is 0. The first-order valence-corrected chi connectivity index (χ1v) is 21.2. The molecule has 8 aromatic rings. The zero-order valence-electron chi connectivity index (χ0n) is 38.6. The number of hydrogen-bond acceptors (Lipinski definition) is 11. The summed E-state index contributed by atoms with van der Waals surface area (Å²) in [7, 11) is -1.51. The Kier molecular flexibility index (Phi) is 34.4. The minimum Gasteiger partial charge on any atom is -1.00 e. The van der Waals surface area contributed by atoms with E-state index in [2.05, 4.69) is 61.1 Å². The molecule has 0 aliphatic carbocycles. The molecule has 0 radical (unpaired) electrons. The largest absolute Gasteiger partial charge is 1.00 e. The molecule has 0 bridgehead atoms. The second kappa shape index (κ2) is 37.7. The van der Waals surface area contributed by atoms with Crippen LogP contribution in [-0.2, 0) is 22.2 Å². The molecule has 68 heavy (non-hydrogen) atoms. The van der Waals surface area contributed by atoms with Gasteiger partial charge in [0, 0.05) is 35.6 Å². The molecule has 338 valence electrons. The molecular formula is C52H48BBrClK2N3O8. The number of carbonyl (C=O) groups is 1. The molecule has 0 fully saturated rings. The summed E-state index contributed by atoms with van der Waals surface area (Å²) in [5, 5.41) is 43.7. The van der Waals surface area contributed by atoms with Crippen LogP contribution < -0.4 is 118 Å². The first-order chi connectivity index (χ1) is 32.1. The normalized spacial score (nSPS) is 9.13. The fourth-order valence-corrected chi connectivity index (χ4v) is 5.61. The number of pyridine rings is 3. The van der Waals surface area contributed by atoms with Crippen molar-refractivity contribution < 1.29 is 144 Å². The van der Waals surface area contributed by atoms with Gasteiger partial charge in [-0.05, 0) is 116 Å². The first-order valence-electron chi connectivity index (χ1n) is 19.9. The average Bonchev–Trinajstić information content (AvgIpc) is 3.37. The van der Waals surface area contributed by atoms with Crippen LogP contribution in [0.1, 0.15) is 23.7 Å². The Hall–Kier alpha value is -4.11. The van der Waals surface area contributed by atoms with E-state index in [4.69, 9.17) is 41.5 Å². The Bertz CT molecular complexity index is 2600. The molecule has 5 aromatic carbocycles. The summed E-state index contributed by atoms with van der Waals surface area (Å²) in [6.07, 6.45) is 8.92. The molecule has 0 atom stereocenters. The Morgan fingerprint density at radius 3 is 1.47 bits per heavy atom. The van der Waals surface area contributed by atoms with E-state index >= 15 is 0 Å². The maximum atomic E-state index is 9.25. The Balaban J connectivity index is 0.000000856. The molecule has 0 spiro atoms. The first kappa shape index (κ1) is 61.9. The molecule has 0 unspecified atom stereocenters. The van der Waals surface area contributed by atoms with Crippen molar-refractivity contribution in [2.45, 2.75) is 12.5 Å².